The predicted molar refractivity (Wildman–Crippen MR) is 79.0 cm³/mol. The Kier molecular flexibility index (Phi) is 5.36. The number of hydrogen-bond acceptors (Lipinski definition) is 3. The predicted octanol–water partition coefficient (Wildman–Crippen LogP) is 3.05. The standard InChI is InChI=1S/C15H24N2O2/c1-11(19-10-9-15(2,3)4)14(18)17-13-7-5-12(16)6-8-13/h5-8,11H,9-10,16H2,1-4H3,(H,17,18). The SMILES string of the molecule is CC(OCCC(C)(C)C)C(=O)Nc1ccc(N)cc1. The minimum atomic E-state index is -0.458. The third kappa shape index (κ3) is 6.25. The second kappa shape index (κ2) is 6.57. The Morgan fingerprint density at radius 3 is 2.42 bits per heavy atom. The van der Waals surface area contributed by atoms with Gasteiger partial charge in [0, 0.05) is 18.0 Å². The summed E-state index contributed by atoms with van der Waals surface area (Å²) < 4.78 is 5.54. The summed E-state index contributed by atoms with van der Waals surface area (Å²) in [5, 5.41) is 2.80. The van der Waals surface area contributed by atoms with Gasteiger partial charge < -0.3 is 15.8 Å². The zero-order chi connectivity index (χ0) is 14.5. The quantitative estimate of drug-likeness (QED) is 0.803. The number of hydrogen-bond donors (Lipinski definition) is 2. The zero-order valence-electron chi connectivity index (χ0n) is 12.2. The maximum absolute atomic E-state index is 11.9. The molecule has 1 atom stereocenters. The van der Waals surface area contributed by atoms with Crippen LogP contribution in [0.5, 0.6) is 0 Å². The monoisotopic (exact) mass is 264 g/mol. The van der Waals surface area contributed by atoms with Crippen LogP contribution in [0.4, 0.5) is 11.4 Å². The highest BCUT2D eigenvalue weighted by molar-refractivity contribution is 5.94. The van der Waals surface area contributed by atoms with Crippen molar-refractivity contribution >= 4 is 17.3 Å². The van der Waals surface area contributed by atoms with Crippen molar-refractivity contribution in [2.75, 3.05) is 17.7 Å². The average Bonchev–Trinajstić information content (AvgIpc) is 2.30. The van der Waals surface area contributed by atoms with Crippen molar-refractivity contribution in [2.45, 2.75) is 40.2 Å². The zero-order valence-corrected chi connectivity index (χ0v) is 12.2. The van der Waals surface area contributed by atoms with Gasteiger partial charge in [0.15, 0.2) is 0 Å². The highest BCUT2D eigenvalue weighted by Crippen LogP contribution is 2.18. The lowest BCUT2D eigenvalue weighted by Gasteiger charge is -2.20. The van der Waals surface area contributed by atoms with Crippen LogP contribution < -0.4 is 11.1 Å². The first-order chi connectivity index (χ1) is 8.78. The summed E-state index contributed by atoms with van der Waals surface area (Å²) in [6, 6.07) is 7.05. The van der Waals surface area contributed by atoms with Crippen LogP contribution in [0.2, 0.25) is 0 Å². The van der Waals surface area contributed by atoms with Crippen LogP contribution in [0.3, 0.4) is 0 Å². The fourth-order valence-electron chi connectivity index (χ4n) is 1.43. The molecule has 1 aromatic carbocycles. The van der Waals surface area contributed by atoms with Crippen molar-refractivity contribution in [3.05, 3.63) is 24.3 Å². The number of anilines is 2. The highest BCUT2D eigenvalue weighted by Gasteiger charge is 2.15. The third-order valence-electron chi connectivity index (χ3n) is 2.77. The summed E-state index contributed by atoms with van der Waals surface area (Å²) in [7, 11) is 0. The molecule has 106 valence electrons. The van der Waals surface area contributed by atoms with Crippen molar-refractivity contribution in [3.8, 4) is 0 Å². The van der Waals surface area contributed by atoms with E-state index in [1.165, 1.54) is 0 Å². The van der Waals surface area contributed by atoms with E-state index in [1.54, 1.807) is 31.2 Å². The van der Waals surface area contributed by atoms with Gasteiger partial charge in [-0.1, -0.05) is 20.8 Å². The number of nitrogen functional groups attached to an aromatic ring is 1. The number of rotatable bonds is 5. The molecule has 0 radical (unpaired) electrons. The largest absolute Gasteiger partial charge is 0.399 e. The molecule has 0 bridgehead atoms. The van der Waals surface area contributed by atoms with E-state index in [9.17, 15) is 4.79 Å². The lowest BCUT2D eigenvalue weighted by atomic mass is 9.93. The Morgan fingerprint density at radius 2 is 1.89 bits per heavy atom. The van der Waals surface area contributed by atoms with Gasteiger partial charge in [0.1, 0.15) is 6.10 Å². The van der Waals surface area contributed by atoms with Gasteiger partial charge in [0.05, 0.1) is 0 Å². The van der Waals surface area contributed by atoms with Gasteiger partial charge in [-0.05, 0) is 43.0 Å². The molecule has 0 heterocycles. The Morgan fingerprint density at radius 1 is 1.32 bits per heavy atom. The molecule has 0 spiro atoms. The molecule has 0 fully saturated rings. The van der Waals surface area contributed by atoms with Crippen molar-refractivity contribution in [1.29, 1.82) is 0 Å². The van der Waals surface area contributed by atoms with E-state index >= 15 is 0 Å². The van der Waals surface area contributed by atoms with Crippen molar-refractivity contribution in [1.82, 2.24) is 0 Å². The van der Waals surface area contributed by atoms with Gasteiger partial charge >= 0.3 is 0 Å². The molecule has 0 saturated heterocycles. The fourth-order valence-corrected chi connectivity index (χ4v) is 1.43. The second-order valence-electron chi connectivity index (χ2n) is 5.93. The molecule has 1 rings (SSSR count). The molecule has 1 amide bonds. The van der Waals surface area contributed by atoms with Crippen molar-refractivity contribution in [2.24, 2.45) is 5.41 Å². The Balaban J connectivity index is 2.38. The molecule has 0 saturated carbocycles. The number of carbonyl (C=O) groups excluding carboxylic acids is 1. The lowest BCUT2D eigenvalue weighted by Crippen LogP contribution is -2.28. The van der Waals surface area contributed by atoms with Gasteiger partial charge in [0.25, 0.3) is 5.91 Å². The summed E-state index contributed by atoms with van der Waals surface area (Å²) in [6.07, 6.45) is 0.465. The van der Waals surface area contributed by atoms with E-state index in [0.29, 0.717) is 12.3 Å². The smallest absolute Gasteiger partial charge is 0.253 e. The van der Waals surface area contributed by atoms with Crippen LogP contribution in [0.25, 0.3) is 0 Å². The number of benzene rings is 1. The molecule has 4 heteroatoms. The molecule has 4 nitrogen and oxygen atoms in total. The average molecular weight is 264 g/mol. The minimum absolute atomic E-state index is 0.140. The molecular formula is C15H24N2O2. The Hall–Kier alpha value is -1.55. The first kappa shape index (κ1) is 15.5. The maximum atomic E-state index is 11.9. The Bertz CT molecular complexity index is 407. The maximum Gasteiger partial charge on any atom is 0.253 e. The fraction of sp³-hybridized carbons (Fsp3) is 0.533. The van der Waals surface area contributed by atoms with E-state index in [1.807, 2.05) is 0 Å². The topological polar surface area (TPSA) is 64.3 Å². The molecule has 0 aromatic heterocycles. The summed E-state index contributed by atoms with van der Waals surface area (Å²) >= 11 is 0. The van der Waals surface area contributed by atoms with Crippen LogP contribution in [0, 0.1) is 5.41 Å². The summed E-state index contributed by atoms with van der Waals surface area (Å²) in [6.45, 7) is 8.79. The van der Waals surface area contributed by atoms with E-state index in [2.05, 4.69) is 26.1 Å². The number of nitrogens with two attached hydrogens (primary N) is 1. The van der Waals surface area contributed by atoms with Crippen LogP contribution in [0.15, 0.2) is 24.3 Å². The normalized spacial score (nSPS) is 13.1. The summed E-state index contributed by atoms with van der Waals surface area (Å²) in [4.78, 5) is 11.9. The number of amides is 1. The number of carbonyl (C=O) groups is 1. The van der Waals surface area contributed by atoms with E-state index in [0.717, 1.165) is 12.1 Å². The van der Waals surface area contributed by atoms with Gasteiger partial charge in [-0.25, -0.2) is 0 Å². The first-order valence-electron chi connectivity index (χ1n) is 6.56. The molecular weight excluding hydrogens is 240 g/mol. The third-order valence-corrected chi connectivity index (χ3v) is 2.77. The van der Waals surface area contributed by atoms with Gasteiger partial charge in [-0.3, -0.25) is 4.79 Å². The molecule has 3 N–H and O–H groups in total. The molecule has 0 aliphatic heterocycles. The summed E-state index contributed by atoms with van der Waals surface area (Å²) in [5.74, 6) is -0.140. The molecule has 0 aliphatic rings. The van der Waals surface area contributed by atoms with Gasteiger partial charge in [0.2, 0.25) is 0 Å². The lowest BCUT2D eigenvalue weighted by molar-refractivity contribution is -0.126. The van der Waals surface area contributed by atoms with Crippen LogP contribution >= 0.6 is 0 Å². The van der Waals surface area contributed by atoms with E-state index < -0.39 is 6.10 Å². The van der Waals surface area contributed by atoms with Gasteiger partial charge in [-0.2, -0.15) is 0 Å². The van der Waals surface area contributed by atoms with Crippen molar-refractivity contribution in [3.63, 3.8) is 0 Å². The van der Waals surface area contributed by atoms with Gasteiger partial charge in [-0.15, -0.1) is 0 Å². The first-order valence-corrected chi connectivity index (χ1v) is 6.56. The second-order valence-corrected chi connectivity index (χ2v) is 5.93. The highest BCUT2D eigenvalue weighted by atomic mass is 16.5. The Labute approximate surface area is 115 Å². The molecule has 0 aliphatic carbocycles. The summed E-state index contributed by atoms with van der Waals surface area (Å²) in [5.41, 5.74) is 7.20. The van der Waals surface area contributed by atoms with Crippen LogP contribution in [0.1, 0.15) is 34.1 Å². The number of nitrogens with one attached hydrogen (secondary N) is 1. The molecule has 1 unspecified atom stereocenters. The van der Waals surface area contributed by atoms with Crippen molar-refractivity contribution < 1.29 is 9.53 Å². The van der Waals surface area contributed by atoms with Crippen LogP contribution in [-0.2, 0) is 9.53 Å². The van der Waals surface area contributed by atoms with E-state index in [-0.39, 0.29) is 11.3 Å². The number of ether oxygens (including phenoxy) is 1. The van der Waals surface area contributed by atoms with E-state index in [4.69, 9.17) is 10.5 Å². The molecule has 19 heavy (non-hydrogen) atoms. The van der Waals surface area contributed by atoms with Crippen LogP contribution in [-0.4, -0.2) is 18.6 Å². The molecule has 1 aromatic rings. The minimum Gasteiger partial charge on any atom is -0.399 e.